The van der Waals surface area contributed by atoms with Crippen LogP contribution in [0.4, 0.5) is 18.9 Å². The van der Waals surface area contributed by atoms with Gasteiger partial charge in [-0.25, -0.2) is 0 Å². The number of aliphatic hydroxyl groups is 1. The van der Waals surface area contributed by atoms with E-state index in [1.54, 1.807) is 24.3 Å². The first-order valence-electron chi connectivity index (χ1n) is 7.63. The lowest BCUT2D eigenvalue weighted by molar-refractivity contribution is -0.138. The number of anilines is 1. The van der Waals surface area contributed by atoms with E-state index in [2.05, 4.69) is 5.32 Å². The fourth-order valence-corrected chi connectivity index (χ4v) is 3.06. The molecule has 0 saturated carbocycles. The van der Waals surface area contributed by atoms with Gasteiger partial charge in [0.2, 0.25) is 0 Å². The summed E-state index contributed by atoms with van der Waals surface area (Å²) in [4.78, 5) is 12.2. The Morgan fingerprint density at radius 3 is 2.44 bits per heavy atom. The van der Waals surface area contributed by atoms with Gasteiger partial charge in [-0.1, -0.05) is 18.2 Å². The van der Waals surface area contributed by atoms with E-state index >= 15 is 0 Å². The van der Waals surface area contributed by atoms with Crippen LogP contribution in [0.2, 0.25) is 0 Å². The number of hydrogen-bond acceptors (Lipinski definition) is 3. The smallest absolute Gasteiger partial charge is 0.416 e. The fourth-order valence-electron chi connectivity index (χ4n) is 3.06. The van der Waals surface area contributed by atoms with E-state index in [0.29, 0.717) is 11.3 Å². The van der Waals surface area contributed by atoms with Crippen LogP contribution in [-0.2, 0) is 17.4 Å². The number of rotatable bonds is 2. The SMILES string of the molecule is COc1ccc(C2Cc3c(cccc3C(F)(F)F)NC(=O)C2O)cc1. The molecule has 2 N–H and O–H groups in total. The molecule has 1 aliphatic heterocycles. The molecule has 2 unspecified atom stereocenters. The third-order valence-electron chi connectivity index (χ3n) is 4.36. The van der Waals surface area contributed by atoms with Gasteiger partial charge in [0, 0.05) is 11.6 Å². The summed E-state index contributed by atoms with van der Waals surface area (Å²) in [5.41, 5.74) is -0.193. The van der Waals surface area contributed by atoms with Gasteiger partial charge in [0.05, 0.1) is 12.7 Å². The monoisotopic (exact) mass is 351 g/mol. The second-order valence-corrected chi connectivity index (χ2v) is 5.85. The van der Waals surface area contributed by atoms with Gasteiger partial charge in [0.25, 0.3) is 5.91 Å². The molecule has 1 heterocycles. The number of ether oxygens (including phenoxy) is 1. The average Bonchev–Trinajstić information content (AvgIpc) is 2.71. The van der Waals surface area contributed by atoms with Crippen LogP contribution in [0.25, 0.3) is 0 Å². The Morgan fingerprint density at radius 1 is 1.16 bits per heavy atom. The molecule has 0 spiro atoms. The number of benzene rings is 2. The van der Waals surface area contributed by atoms with E-state index in [4.69, 9.17) is 4.74 Å². The molecule has 25 heavy (non-hydrogen) atoms. The van der Waals surface area contributed by atoms with E-state index in [1.807, 2.05) is 0 Å². The highest BCUT2D eigenvalue weighted by Crippen LogP contribution is 2.40. The Labute approximate surface area is 142 Å². The van der Waals surface area contributed by atoms with Gasteiger partial charge >= 0.3 is 6.18 Å². The zero-order valence-electron chi connectivity index (χ0n) is 13.3. The summed E-state index contributed by atoms with van der Waals surface area (Å²) < 4.78 is 45.1. The average molecular weight is 351 g/mol. The van der Waals surface area contributed by atoms with Crippen molar-refractivity contribution in [3.63, 3.8) is 0 Å². The molecule has 0 aliphatic carbocycles. The largest absolute Gasteiger partial charge is 0.497 e. The molecule has 132 valence electrons. The minimum atomic E-state index is -4.55. The summed E-state index contributed by atoms with van der Waals surface area (Å²) in [6.45, 7) is 0. The first kappa shape index (κ1) is 17.3. The molecular formula is C18H16F3NO3. The van der Waals surface area contributed by atoms with Crippen LogP contribution in [0.15, 0.2) is 42.5 Å². The number of fused-ring (bicyclic) bond motifs is 1. The predicted molar refractivity (Wildman–Crippen MR) is 85.5 cm³/mol. The van der Waals surface area contributed by atoms with Crippen LogP contribution in [0.1, 0.15) is 22.6 Å². The van der Waals surface area contributed by atoms with Gasteiger partial charge in [-0.15, -0.1) is 0 Å². The lowest BCUT2D eigenvalue weighted by Crippen LogP contribution is -2.31. The van der Waals surface area contributed by atoms with Gasteiger partial charge in [0.15, 0.2) is 0 Å². The number of carbonyl (C=O) groups is 1. The highest BCUT2D eigenvalue weighted by molar-refractivity contribution is 5.96. The standard InChI is InChI=1S/C18H16F3NO3/c1-25-11-7-5-10(6-8-11)12-9-13-14(18(19,20)21)3-2-4-15(13)22-17(24)16(12)23/h2-8,12,16,23H,9H2,1H3,(H,22,24). The van der Waals surface area contributed by atoms with E-state index in [9.17, 15) is 23.1 Å². The second kappa shape index (κ2) is 6.40. The Bertz CT molecular complexity index is 787. The van der Waals surface area contributed by atoms with Crippen molar-refractivity contribution >= 4 is 11.6 Å². The van der Waals surface area contributed by atoms with Crippen molar-refractivity contribution in [2.24, 2.45) is 0 Å². The summed E-state index contributed by atoms with van der Waals surface area (Å²) in [7, 11) is 1.49. The van der Waals surface area contributed by atoms with Crippen LogP contribution in [0.3, 0.4) is 0 Å². The summed E-state index contributed by atoms with van der Waals surface area (Å²) in [5, 5.41) is 12.7. The Balaban J connectivity index is 2.08. The molecule has 2 aromatic carbocycles. The lowest BCUT2D eigenvalue weighted by Gasteiger charge is -2.21. The quantitative estimate of drug-likeness (QED) is 0.872. The number of carbonyl (C=O) groups excluding carboxylic acids is 1. The molecule has 0 fully saturated rings. The normalized spacial score (nSPS) is 20.4. The summed E-state index contributed by atoms with van der Waals surface area (Å²) in [6, 6.07) is 10.2. The number of methoxy groups -OCH3 is 1. The highest BCUT2D eigenvalue weighted by atomic mass is 19.4. The van der Waals surface area contributed by atoms with Gasteiger partial charge in [-0.05, 0) is 41.8 Å². The summed E-state index contributed by atoms with van der Waals surface area (Å²) >= 11 is 0. The molecule has 4 nitrogen and oxygen atoms in total. The third kappa shape index (κ3) is 3.32. The topological polar surface area (TPSA) is 58.6 Å². The van der Waals surface area contributed by atoms with Gasteiger partial charge in [-0.3, -0.25) is 4.79 Å². The van der Waals surface area contributed by atoms with E-state index in [-0.39, 0.29) is 17.7 Å². The van der Waals surface area contributed by atoms with Gasteiger partial charge in [-0.2, -0.15) is 13.2 Å². The minimum Gasteiger partial charge on any atom is -0.497 e. The van der Waals surface area contributed by atoms with Crippen molar-refractivity contribution in [1.29, 1.82) is 0 Å². The van der Waals surface area contributed by atoms with Gasteiger partial charge < -0.3 is 15.2 Å². The second-order valence-electron chi connectivity index (χ2n) is 5.85. The fraction of sp³-hybridized carbons (Fsp3) is 0.278. The lowest BCUT2D eigenvalue weighted by atomic mass is 9.86. The molecule has 1 aliphatic rings. The van der Waals surface area contributed by atoms with E-state index < -0.39 is 29.7 Å². The molecule has 2 aromatic rings. The first-order chi connectivity index (χ1) is 11.8. The zero-order chi connectivity index (χ0) is 18.2. The molecule has 7 heteroatoms. The number of aliphatic hydroxyl groups excluding tert-OH is 1. The van der Waals surface area contributed by atoms with Crippen LogP contribution in [-0.4, -0.2) is 24.2 Å². The van der Waals surface area contributed by atoms with Crippen molar-refractivity contribution in [3.8, 4) is 5.75 Å². The number of amides is 1. The summed E-state index contributed by atoms with van der Waals surface area (Å²) in [6.07, 6.45) is -6.12. The molecule has 0 bridgehead atoms. The maximum Gasteiger partial charge on any atom is 0.416 e. The molecule has 2 atom stereocenters. The minimum absolute atomic E-state index is 0.0271. The van der Waals surface area contributed by atoms with E-state index in [1.165, 1.54) is 19.2 Å². The molecule has 0 saturated heterocycles. The van der Waals surface area contributed by atoms with Crippen molar-refractivity contribution in [2.75, 3.05) is 12.4 Å². The molecule has 1 amide bonds. The number of halogens is 3. The first-order valence-corrected chi connectivity index (χ1v) is 7.63. The van der Waals surface area contributed by atoms with Crippen LogP contribution in [0.5, 0.6) is 5.75 Å². The van der Waals surface area contributed by atoms with Crippen LogP contribution in [0, 0.1) is 0 Å². The van der Waals surface area contributed by atoms with Crippen molar-refractivity contribution in [2.45, 2.75) is 24.6 Å². The van der Waals surface area contributed by atoms with Gasteiger partial charge in [0.1, 0.15) is 11.9 Å². The predicted octanol–water partition coefficient (Wildman–Crippen LogP) is 3.35. The van der Waals surface area contributed by atoms with Crippen molar-refractivity contribution in [3.05, 3.63) is 59.2 Å². The maximum atomic E-state index is 13.3. The number of hydrogen-bond donors (Lipinski definition) is 2. The van der Waals surface area contributed by atoms with E-state index in [0.717, 1.165) is 6.07 Å². The van der Waals surface area contributed by atoms with Crippen molar-refractivity contribution < 1.29 is 27.8 Å². The molecular weight excluding hydrogens is 335 g/mol. The molecule has 3 rings (SSSR count). The maximum absolute atomic E-state index is 13.3. The summed E-state index contributed by atoms with van der Waals surface area (Å²) in [5.74, 6) is -0.942. The molecule has 0 aromatic heterocycles. The van der Waals surface area contributed by atoms with Crippen molar-refractivity contribution in [1.82, 2.24) is 0 Å². The number of nitrogens with one attached hydrogen (secondary N) is 1. The van der Waals surface area contributed by atoms with Crippen LogP contribution >= 0.6 is 0 Å². The Hall–Kier alpha value is -2.54. The Morgan fingerprint density at radius 2 is 1.84 bits per heavy atom. The third-order valence-corrected chi connectivity index (χ3v) is 4.36. The highest BCUT2D eigenvalue weighted by Gasteiger charge is 2.39. The number of alkyl halides is 3. The molecule has 0 radical (unpaired) electrons. The van der Waals surface area contributed by atoms with Crippen LogP contribution < -0.4 is 10.1 Å². The zero-order valence-corrected chi connectivity index (χ0v) is 13.3. The Kier molecular flexibility index (Phi) is 4.43.